The first-order valence-electron chi connectivity index (χ1n) is 8.77. The number of aryl methyl sites for hydroxylation is 1. The molecule has 0 saturated carbocycles. The third-order valence-corrected chi connectivity index (χ3v) is 5.16. The molecule has 0 fully saturated rings. The van der Waals surface area contributed by atoms with Crippen molar-refractivity contribution in [2.24, 2.45) is 0 Å². The molecule has 0 aromatic heterocycles. The topological polar surface area (TPSA) is 75.7 Å². The van der Waals surface area contributed by atoms with E-state index in [1.165, 1.54) is 4.31 Å². The second kappa shape index (κ2) is 9.53. The first-order chi connectivity index (χ1) is 12.8. The summed E-state index contributed by atoms with van der Waals surface area (Å²) >= 11 is 0. The van der Waals surface area contributed by atoms with E-state index in [1.54, 1.807) is 0 Å². The van der Waals surface area contributed by atoms with Gasteiger partial charge >= 0.3 is 0 Å². The van der Waals surface area contributed by atoms with Crippen LogP contribution in [0.2, 0.25) is 0 Å². The van der Waals surface area contributed by atoms with Gasteiger partial charge in [-0.15, -0.1) is 0 Å². The summed E-state index contributed by atoms with van der Waals surface area (Å²) in [4.78, 5) is 12.3. The van der Waals surface area contributed by atoms with Crippen LogP contribution in [0.15, 0.2) is 48.5 Å². The van der Waals surface area contributed by atoms with Crippen molar-refractivity contribution in [3.63, 3.8) is 0 Å². The van der Waals surface area contributed by atoms with Gasteiger partial charge in [-0.3, -0.25) is 4.79 Å². The normalized spacial score (nSPS) is 11.4. The van der Waals surface area contributed by atoms with Crippen molar-refractivity contribution < 1.29 is 17.9 Å². The first-order valence-corrected chi connectivity index (χ1v) is 10.6. The molecule has 0 atom stereocenters. The summed E-state index contributed by atoms with van der Waals surface area (Å²) in [7, 11) is -3.51. The number of hydrogen-bond donors (Lipinski definition) is 1. The zero-order valence-electron chi connectivity index (χ0n) is 15.9. The molecular formula is C20H26N2O4S. The standard InChI is InChI=1S/C20H26N2O4S/c1-4-26-19-7-5-6-18(12-19)13-21-20(23)15-22(27(3,24)25)14-17-10-8-16(2)9-11-17/h5-12H,4,13-15H2,1-3H3,(H,21,23). The number of benzene rings is 2. The molecule has 27 heavy (non-hydrogen) atoms. The number of sulfonamides is 1. The largest absolute Gasteiger partial charge is 0.494 e. The van der Waals surface area contributed by atoms with Crippen LogP contribution in [-0.4, -0.2) is 38.0 Å². The fraction of sp³-hybridized carbons (Fsp3) is 0.350. The van der Waals surface area contributed by atoms with Crippen molar-refractivity contribution in [2.45, 2.75) is 26.9 Å². The lowest BCUT2D eigenvalue weighted by Crippen LogP contribution is -2.39. The number of rotatable bonds is 9. The van der Waals surface area contributed by atoms with E-state index in [1.807, 2.05) is 62.4 Å². The molecule has 2 aromatic carbocycles. The Morgan fingerprint density at radius 1 is 1.11 bits per heavy atom. The molecule has 0 heterocycles. The van der Waals surface area contributed by atoms with E-state index in [2.05, 4.69) is 5.32 Å². The van der Waals surface area contributed by atoms with Crippen LogP contribution in [0.25, 0.3) is 0 Å². The Kier molecular flexibility index (Phi) is 7.38. The zero-order chi connectivity index (χ0) is 19.9. The number of amides is 1. The highest BCUT2D eigenvalue weighted by atomic mass is 32.2. The predicted octanol–water partition coefficient (Wildman–Crippen LogP) is 2.47. The molecule has 1 N–H and O–H groups in total. The summed E-state index contributed by atoms with van der Waals surface area (Å²) in [6, 6.07) is 15.0. The van der Waals surface area contributed by atoms with Crippen molar-refractivity contribution in [1.82, 2.24) is 9.62 Å². The molecule has 0 bridgehead atoms. The Hall–Kier alpha value is -2.38. The maximum atomic E-state index is 12.3. The lowest BCUT2D eigenvalue weighted by atomic mass is 10.1. The van der Waals surface area contributed by atoms with E-state index in [-0.39, 0.29) is 19.0 Å². The minimum atomic E-state index is -3.51. The van der Waals surface area contributed by atoms with Gasteiger partial charge in [-0.2, -0.15) is 4.31 Å². The van der Waals surface area contributed by atoms with Gasteiger partial charge in [-0.25, -0.2) is 8.42 Å². The summed E-state index contributed by atoms with van der Waals surface area (Å²) < 4.78 is 30.7. The van der Waals surface area contributed by atoms with Crippen LogP contribution in [0.3, 0.4) is 0 Å². The summed E-state index contributed by atoms with van der Waals surface area (Å²) in [5.74, 6) is 0.385. The number of hydrogen-bond acceptors (Lipinski definition) is 4. The highest BCUT2D eigenvalue weighted by molar-refractivity contribution is 7.88. The SMILES string of the molecule is CCOc1cccc(CNC(=O)CN(Cc2ccc(C)cc2)S(C)(=O)=O)c1. The molecule has 1 amide bonds. The average Bonchev–Trinajstić information content (AvgIpc) is 2.61. The summed E-state index contributed by atoms with van der Waals surface area (Å²) in [6.45, 7) is 4.68. The van der Waals surface area contributed by atoms with Gasteiger partial charge in [-0.05, 0) is 37.1 Å². The van der Waals surface area contributed by atoms with Crippen LogP contribution in [0.1, 0.15) is 23.6 Å². The lowest BCUT2D eigenvalue weighted by molar-refractivity contribution is -0.121. The van der Waals surface area contributed by atoms with E-state index in [0.29, 0.717) is 13.2 Å². The van der Waals surface area contributed by atoms with Gasteiger partial charge in [0.15, 0.2) is 0 Å². The van der Waals surface area contributed by atoms with E-state index < -0.39 is 10.0 Å². The van der Waals surface area contributed by atoms with Crippen molar-refractivity contribution in [3.05, 3.63) is 65.2 Å². The molecule has 0 unspecified atom stereocenters. The minimum Gasteiger partial charge on any atom is -0.494 e. The fourth-order valence-electron chi connectivity index (χ4n) is 2.52. The van der Waals surface area contributed by atoms with E-state index in [9.17, 15) is 13.2 Å². The zero-order valence-corrected chi connectivity index (χ0v) is 16.8. The molecule has 146 valence electrons. The van der Waals surface area contributed by atoms with Crippen molar-refractivity contribution in [2.75, 3.05) is 19.4 Å². The number of carbonyl (C=O) groups is 1. The van der Waals surface area contributed by atoms with Crippen LogP contribution in [0, 0.1) is 6.92 Å². The van der Waals surface area contributed by atoms with Gasteiger partial charge in [0.1, 0.15) is 5.75 Å². The number of nitrogens with one attached hydrogen (secondary N) is 1. The fourth-order valence-corrected chi connectivity index (χ4v) is 3.25. The Balaban J connectivity index is 1.97. The molecule has 0 spiro atoms. The Morgan fingerprint density at radius 3 is 2.44 bits per heavy atom. The van der Waals surface area contributed by atoms with Crippen LogP contribution < -0.4 is 10.1 Å². The third-order valence-electron chi connectivity index (χ3n) is 3.97. The van der Waals surface area contributed by atoms with E-state index >= 15 is 0 Å². The number of ether oxygens (including phenoxy) is 1. The summed E-state index contributed by atoms with van der Waals surface area (Å²) in [5.41, 5.74) is 2.82. The van der Waals surface area contributed by atoms with Gasteiger partial charge in [0.2, 0.25) is 15.9 Å². The van der Waals surface area contributed by atoms with Gasteiger partial charge in [0.05, 0.1) is 19.4 Å². The van der Waals surface area contributed by atoms with Crippen LogP contribution in [-0.2, 0) is 27.9 Å². The van der Waals surface area contributed by atoms with Crippen molar-refractivity contribution in [1.29, 1.82) is 0 Å². The molecule has 0 radical (unpaired) electrons. The average molecular weight is 391 g/mol. The molecular weight excluding hydrogens is 364 g/mol. The first kappa shape index (κ1) is 20.9. The Bertz CT molecular complexity index is 864. The van der Waals surface area contributed by atoms with Gasteiger partial charge in [-0.1, -0.05) is 42.0 Å². The van der Waals surface area contributed by atoms with E-state index in [4.69, 9.17) is 4.74 Å². The molecule has 6 nitrogen and oxygen atoms in total. The van der Waals surface area contributed by atoms with Crippen LogP contribution in [0.4, 0.5) is 0 Å². The minimum absolute atomic E-state index is 0.159. The molecule has 0 aliphatic carbocycles. The third kappa shape index (κ3) is 7.03. The quantitative estimate of drug-likeness (QED) is 0.714. The molecule has 2 aromatic rings. The van der Waals surface area contributed by atoms with Crippen LogP contribution >= 0.6 is 0 Å². The van der Waals surface area contributed by atoms with Crippen molar-refractivity contribution >= 4 is 15.9 Å². The molecule has 0 aliphatic heterocycles. The second-order valence-electron chi connectivity index (χ2n) is 6.37. The maximum Gasteiger partial charge on any atom is 0.235 e. The van der Waals surface area contributed by atoms with Gasteiger partial charge < -0.3 is 10.1 Å². The summed E-state index contributed by atoms with van der Waals surface area (Å²) in [6.07, 6.45) is 1.11. The Labute approximate surface area is 161 Å². The summed E-state index contributed by atoms with van der Waals surface area (Å²) in [5, 5.41) is 2.77. The Morgan fingerprint density at radius 2 is 1.81 bits per heavy atom. The highest BCUT2D eigenvalue weighted by Gasteiger charge is 2.20. The molecule has 0 saturated heterocycles. The number of carbonyl (C=O) groups excluding carboxylic acids is 1. The smallest absolute Gasteiger partial charge is 0.235 e. The highest BCUT2D eigenvalue weighted by Crippen LogP contribution is 2.13. The number of nitrogens with zero attached hydrogens (tertiary/aromatic N) is 1. The van der Waals surface area contributed by atoms with E-state index in [0.717, 1.165) is 28.7 Å². The predicted molar refractivity (Wildman–Crippen MR) is 106 cm³/mol. The molecule has 0 aliphatic rings. The molecule has 7 heteroatoms. The monoisotopic (exact) mass is 390 g/mol. The van der Waals surface area contributed by atoms with Crippen LogP contribution in [0.5, 0.6) is 5.75 Å². The van der Waals surface area contributed by atoms with Gasteiger partial charge in [0, 0.05) is 13.1 Å². The lowest BCUT2D eigenvalue weighted by Gasteiger charge is -2.19. The maximum absolute atomic E-state index is 12.3. The van der Waals surface area contributed by atoms with Gasteiger partial charge in [0.25, 0.3) is 0 Å². The molecule has 2 rings (SSSR count). The van der Waals surface area contributed by atoms with Crippen molar-refractivity contribution in [3.8, 4) is 5.75 Å². The second-order valence-corrected chi connectivity index (χ2v) is 8.36.